The number of ketones is 2. The van der Waals surface area contributed by atoms with Gasteiger partial charge in [-0.3, -0.25) is 14.4 Å². The molecule has 3 N–H and O–H groups in total. The van der Waals surface area contributed by atoms with Crippen molar-refractivity contribution < 1.29 is 34.4 Å². The maximum absolute atomic E-state index is 11.8. The molecule has 1 aliphatic rings. The Morgan fingerprint density at radius 3 is 1.90 bits per heavy atom. The second kappa shape index (κ2) is 13.2. The molecule has 7 heteroatoms. The molecule has 0 bridgehead atoms. The third kappa shape index (κ3) is 7.43. The van der Waals surface area contributed by atoms with Crippen LogP contribution in [-0.4, -0.2) is 57.3 Å². The van der Waals surface area contributed by atoms with Gasteiger partial charge in [0.25, 0.3) is 0 Å². The summed E-state index contributed by atoms with van der Waals surface area (Å²) in [5.74, 6) is -2.34. The van der Waals surface area contributed by atoms with Crippen LogP contribution in [0.2, 0.25) is 0 Å². The van der Waals surface area contributed by atoms with Crippen molar-refractivity contribution in [2.45, 2.75) is 99.1 Å². The van der Waals surface area contributed by atoms with E-state index in [9.17, 15) is 29.7 Å². The third-order valence-electron chi connectivity index (χ3n) is 6.45. The van der Waals surface area contributed by atoms with E-state index < -0.39 is 36.3 Å². The summed E-state index contributed by atoms with van der Waals surface area (Å²) in [7, 11) is 0. The fourth-order valence-electron chi connectivity index (χ4n) is 3.73. The highest BCUT2D eigenvalue weighted by Gasteiger charge is 2.43. The highest BCUT2D eigenvalue weighted by atomic mass is 16.5. The standard InChI is InChI=1S/C12H20O4.C11H22O3/c1-5-9(13)6(2)11-7(3)10(14)8(4)12(15)16-11;1-5-9(12)7(3)11(14)8(4)10(13)6-2/h6-9,11,13H,5H2,1-4H3;7-9,11-12,14H,5-6H2,1-4H3/t6-,7-,8?,9+,11+;7-,8-,9+,11+/m00/s1. The Bertz CT molecular complexity index is 562. The Morgan fingerprint density at radius 2 is 1.47 bits per heavy atom. The second-order valence-electron chi connectivity index (χ2n) is 8.58. The molecule has 176 valence electrons. The molecule has 0 aromatic rings. The van der Waals surface area contributed by atoms with Gasteiger partial charge < -0.3 is 20.1 Å². The molecule has 1 unspecified atom stereocenters. The van der Waals surface area contributed by atoms with Crippen LogP contribution in [0.4, 0.5) is 0 Å². The van der Waals surface area contributed by atoms with Crippen LogP contribution in [0.15, 0.2) is 0 Å². The first-order chi connectivity index (χ1) is 13.8. The van der Waals surface area contributed by atoms with Gasteiger partial charge in [-0.05, 0) is 19.8 Å². The molecular weight excluding hydrogens is 388 g/mol. The zero-order valence-electron chi connectivity index (χ0n) is 19.8. The number of cyclic esters (lactones) is 1. The second-order valence-corrected chi connectivity index (χ2v) is 8.58. The summed E-state index contributed by atoms with van der Waals surface area (Å²) in [4.78, 5) is 34.6. The fourth-order valence-corrected chi connectivity index (χ4v) is 3.73. The van der Waals surface area contributed by atoms with Crippen LogP contribution in [0.3, 0.4) is 0 Å². The number of esters is 1. The van der Waals surface area contributed by atoms with E-state index in [1.165, 1.54) is 0 Å². The lowest BCUT2D eigenvalue weighted by Gasteiger charge is -2.36. The quantitative estimate of drug-likeness (QED) is 0.380. The molecule has 0 spiro atoms. The summed E-state index contributed by atoms with van der Waals surface area (Å²) in [6, 6.07) is 0. The van der Waals surface area contributed by atoms with Gasteiger partial charge in [-0.25, -0.2) is 0 Å². The normalized spacial score (nSPS) is 27.6. The highest BCUT2D eigenvalue weighted by Crippen LogP contribution is 2.29. The zero-order valence-corrected chi connectivity index (χ0v) is 19.8. The van der Waals surface area contributed by atoms with Crippen molar-refractivity contribution in [1.82, 2.24) is 0 Å². The molecule has 1 heterocycles. The first-order valence-corrected chi connectivity index (χ1v) is 11.2. The van der Waals surface area contributed by atoms with Gasteiger partial charge in [0.05, 0.1) is 24.2 Å². The maximum atomic E-state index is 11.8. The van der Waals surface area contributed by atoms with Crippen molar-refractivity contribution in [3.63, 3.8) is 0 Å². The van der Waals surface area contributed by atoms with Crippen LogP contribution in [0, 0.1) is 29.6 Å². The largest absolute Gasteiger partial charge is 0.461 e. The molecule has 0 aromatic carbocycles. The van der Waals surface area contributed by atoms with Crippen molar-refractivity contribution >= 4 is 17.5 Å². The number of hydrogen-bond acceptors (Lipinski definition) is 7. The van der Waals surface area contributed by atoms with Crippen molar-refractivity contribution in [3.8, 4) is 0 Å². The summed E-state index contributed by atoms with van der Waals surface area (Å²) in [5, 5.41) is 29.1. The fraction of sp³-hybridized carbons (Fsp3) is 0.870. The average molecular weight is 431 g/mol. The van der Waals surface area contributed by atoms with Gasteiger partial charge in [0.2, 0.25) is 0 Å². The molecule has 0 amide bonds. The Balaban J connectivity index is 0.000000567. The van der Waals surface area contributed by atoms with Gasteiger partial charge in [0.15, 0.2) is 5.78 Å². The number of Topliss-reactive ketones (excluding diaryl/α,β-unsaturated/α-hetero) is 2. The lowest BCUT2D eigenvalue weighted by Crippen LogP contribution is -2.48. The highest BCUT2D eigenvalue weighted by molar-refractivity contribution is 6.01. The smallest absolute Gasteiger partial charge is 0.316 e. The van der Waals surface area contributed by atoms with E-state index in [0.29, 0.717) is 19.3 Å². The molecule has 1 fully saturated rings. The topological polar surface area (TPSA) is 121 Å². The number of carbonyl (C=O) groups is 3. The van der Waals surface area contributed by atoms with Crippen molar-refractivity contribution in [2.24, 2.45) is 29.6 Å². The van der Waals surface area contributed by atoms with Crippen LogP contribution in [0.1, 0.15) is 74.7 Å². The van der Waals surface area contributed by atoms with Crippen molar-refractivity contribution in [1.29, 1.82) is 0 Å². The predicted molar refractivity (Wildman–Crippen MR) is 115 cm³/mol. The number of aliphatic hydroxyl groups excluding tert-OH is 3. The van der Waals surface area contributed by atoms with Gasteiger partial charge in [-0.2, -0.15) is 0 Å². The van der Waals surface area contributed by atoms with Crippen LogP contribution >= 0.6 is 0 Å². The Hall–Kier alpha value is -1.31. The number of aliphatic hydroxyl groups is 3. The summed E-state index contributed by atoms with van der Waals surface area (Å²) in [5.41, 5.74) is 0. The van der Waals surface area contributed by atoms with Gasteiger partial charge >= 0.3 is 5.97 Å². The van der Waals surface area contributed by atoms with E-state index in [1.54, 1.807) is 34.6 Å². The Morgan fingerprint density at radius 1 is 0.967 bits per heavy atom. The van der Waals surface area contributed by atoms with E-state index in [4.69, 9.17) is 4.74 Å². The van der Waals surface area contributed by atoms with Crippen molar-refractivity contribution in [2.75, 3.05) is 0 Å². The number of hydrogen-bond donors (Lipinski definition) is 3. The monoisotopic (exact) mass is 430 g/mol. The van der Waals surface area contributed by atoms with Crippen LogP contribution in [0.5, 0.6) is 0 Å². The van der Waals surface area contributed by atoms with Gasteiger partial charge in [-0.1, -0.05) is 48.5 Å². The first kappa shape index (κ1) is 28.7. The molecule has 0 radical (unpaired) electrons. The van der Waals surface area contributed by atoms with Crippen LogP contribution in [-0.2, 0) is 19.1 Å². The average Bonchev–Trinajstić information content (AvgIpc) is 2.76. The van der Waals surface area contributed by atoms with Gasteiger partial charge in [0.1, 0.15) is 17.8 Å². The molecule has 7 nitrogen and oxygen atoms in total. The van der Waals surface area contributed by atoms with Crippen LogP contribution in [0.25, 0.3) is 0 Å². The number of carbonyl (C=O) groups excluding carboxylic acids is 3. The third-order valence-corrected chi connectivity index (χ3v) is 6.45. The maximum Gasteiger partial charge on any atom is 0.316 e. The molecule has 1 rings (SSSR count). The summed E-state index contributed by atoms with van der Waals surface area (Å²) in [6.45, 7) is 14.1. The minimum absolute atomic E-state index is 0.0488. The molecule has 1 saturated heterocycles. The number of rotatable bonds is 9. The zero-order chi connectivity index (χ0) is 23.8. The lowest BCUT2D eigenvalue weighted by molar-refractivity contribution is -0.175. The lowest BCUT2D eigenvalue weighted by atomic mass is 9.80. The summed E-state index contributed by atoms with van der Waals surface area (Å²) >= 11 is 0. The Kier molecular flexibility index (Phi) is 12.6. The number of ether oxygens (including phenoxy) is 1. The van der Waals surface area contributed by atoms with E-state index >= 15 is 0 Å². The SMILES string of the molecule is CCC(=O)[C@H](C)[C@H](O)[C@@H](C)[C@H](O)CC.CC[C@@H](O)[C@H](C)[C@H]1OC(=O)C(C)C(=O)[C@@H]1C. The summed E-state index contributed by atoms with van der Waals surface area (Å²) in [6.07, 6.45) is -0.675. The molecule has 9 atom stereocenters. The molecular formula is C23H42O7. The van der Waals surface area contributed by atoms with Gasteiger partial charge in [0, 0.05) is 24.2 Å². The van der Waals surface area contributed by atoms with E-state index in [2.05, 4.69) is 0 Å². The van der Waals surface area contributed by atoms with E-state index in [-0.39, 0.29) is 35.2 Å². The van der Waals surface area contributed by atoms with E-state index in [1.807, 2.05) is 20.8 Å². The molecule has 30 heavy (non-hydrogen) atoms. The molecule has 0 aliphatic carbocycles. The predicted octanol–water partition coefficient (Wildman–Crippen LogP) is 2.53. The van der Waals surface area contributed by atoms with E-state index in [0.717, 1.165) is 0 Å². The molecule has 1 aliphatic heterocycles. The van der Waals surface area contributed by atoms with Gasteiger partial charge in [-0.15, -0.1) is 0 Å². The summed E-state index contributed by atoms with van der Waals surface area (Å²) < 4.78 is 5.25. The first-order valence-electron chi connectivity index (χ1n) is 11.2. The molecule has 0 saturated carbocycles. The van der Waals surface area contributed by atoms with Crippen LogP contribution < -0.4 is 0 Å². The minimum Gasteiger partial charge on any atom is -0.461 e. The Labute approximate surface area is 181 Å². The van der Waals surface area contributed by atoms with Crippen molar-refractivity contribution in [3.05, 3.63) is 0 Å². The minimum atomic E-state index is -0.739. The molecule has 0 aromatic heterocycles.